The minimum atomic E-state index is -0.346. The van der Waals surface area contributed by atoms with Gasteiger partial charge in [0, 0.05) is 35.1 Å². The van der Waals surface area contributed by atoms with Crippen LogP contribution in [-0.4, -0.2) is 24.7 Å². The number of rotatable bonds is 3. The summed E-state index contributed by atoms with van der Waals surface area (Å²) in [5.74, 6) is 1.36. The molecule has 8 nitrogen and oxygen atoms in total. The minimum absolute atomic E-state index is 0.346. The van der Waals surface area contributed by atoms with Crippen molar-refractivity contribution in [3.05, 3.63) is 64.5 Å². The Hall–Kier alpha value is -3.55. The molecule has 0 fully saturated rings. The van der Waals surface area contributed by atoms with E-state index in [4.69, 9.17) is 4.42 Å². The number of nitrogens with one attached hydrogen (secondary N) is 1. The van der Waals surface area contributed by atoms with Gasteiger partial charge in [0.2, 0.25) is 5.95 Å². The number of benzene rings is 1. The third-order valence-electron chi connectivity index (χ3n) is 3.61. The van der Waals surface area contributed by atoms with Crippen molar-refractivity contribution in [1.29, 1.82) is 0 Å². The summed E-state index contributed by atoms with van der Waals surface area (Å²) in [4.78, 5) is 24.6. The molecule has 0 bridgehead atoms. The fourth-order valence-corrected chi connectivity index (χ4v) is 2.43. The van der Waals surface area contributed by atoms with Crippen LogP contribution >= 0.6 is 0 Å². The van der Waals surface area contributed by atoms with Gasteiger partial charge >= 0.3 is 5.63 Å². The fraction of sp³-hybridized carbons (Fsp3) is 0.118. The Bertz CT molecular complexity index is 1120. The molecule has 25 heavy (non-hydrogen) atoms. The van der Waals surface area contributed by atoms with Gasteiger partial charge in [-0.2, -0.15) is 20.1 Å². The number of aromatic nitrogens is 5. The van der Waals surface area contributed by atoms with Crippen molar-refractivity contribution in [3.63, 3.8) is 0 Å². The van der Waals surface area contributed by atoms with Crippen LogP contribution in [-0.2, 0) is 0 Å². The molecule has 8 heteroatoms. The maximum absolute atomic E-state index is 11.7. The molecule has 0 aliphatic heterocycles. The van der Waals surface area contributed by atoms with Crippen LogP contribution < -0.4 is 10.9 Å². The van der Waals surface area contributed by atoms with E-state index in [1.54, 1.807) is 49.1 Å². The SMILES string of the molecule is Cc1nc(Nc2ccc3cc(C)c(=O)oc3c2)nc(-n2cccn2)n1. The third kappa shape index (κ3) is 2.97. The van der Waals surface area contributed by atoms with Crippen LogP contribution in [0.1, 0.15) is 11.4 Å². The molecule has 0 unspecified atom stereocenters. The minimum Gasteiger partial charge on any atom is -0.422 e. The first kappa shape index (κ1) is 15.0. The molecule has 1 aromatic carbocycles. The number of nitrogens with zero attached hydrogens (tertiary/aromatic N) is 5. The number of aryl methyl sites for hydroxylation is 2. The molecule has 0 radical (unpaired) electrons. The van der Waals surface area contributed by atoms with Crippen LogP contribution in [0.5, 0.6) is 0 Å². The predicted molar refractivity (Wildman–Crippen MR) is 92.2 cm³/mol. The highest BCUT2D eigenvalue weighted by molar-refractivity contribution is 5.81. The average Bonchev–Trinajstić information content (AvgIpc) is 3.10. The highest BCUT2D eigenvalue weighted by Crippen LogP contribution is 2.21. The smallest absolute Gasteiger partial charge is 0.339 e. The van der Waals surface area contributed by atoms with Crippen LogP contribution in [0.2, 0.25) is 0 Å². The Balaban J connectivity index is 1.71. The van der Waals surface area contributed by atoms with Crippen molar-refractivity contribution in [2.24, 2.45) is 0 Å². The molecule has 3 aromatic heterocycles. The van der Waals surface area contributed by atoms with Gasteiger partial charge in [-0.05, 0) is 38.1 Å². The van der Waals surface area contributed by atoms with Gasteiger partial charge in [-0.25, -0.2) is 9.48 Å². The topological polar surface area (TPSA) is 98.7 Å². The summed E-state index contributed by atoms with van der Waals surface area (Å²) in [6.45, 7) is 3.50. The van der Waals surface area contributed by atoms with E-state index < -0.39 is 0 Å². The Morgan fingerprint density at radius 2 is 2.00 bits per heavy atom. The fourth-order valence-electron chi connectivity index (χ4n) is 2.43. The second-order valence-corrected chi connectivity index (χ2v) is 5.55. The molecule has 4 rings (SSSR count). The van der Waals surface area contributed by atoms with Crippen molar-refractivity contribution in [3.8, 4) is 5.95 Å². The maximum Gasteiger partial charge on any atom is 0.339 e. The van der Waals surface area contributed by atoms with Gasteiger partial charge in [-0.15, -0.1) is 0 Å². The van der Waals surface area contributed by atoms with Crippen LogP contribution in [0.3, 0.4) is 0 Å². The third-order valence-corrected chi connectivity index (χ3v) is 3.61. The van der Waals surface area contributed by atoms with E-state index >= 15 is 0 Å². The zero-order valence-corrected chi connectivity index (χ0v) is 13.6. The summed E-state index contributed by atoms with van der Waals surface area (Å²) in [6.07, 6.45) is 3.41. The van der Waals surface area contributed by atoms with Gasteiger partial charge in [0.15, 0.2) is 0 Å². The largest absolute Gasteiger partial charge is 0.422 e. The van der Waals surface area contributed by atoms with E-state index in [-0.39, 0.29) is 5.63 Å². The Morgan fingerprint density at radius 1 is 1.12 bits per heavy atom. The molecule has 3 heterocycles. The van der Waals surface area contributed by atoms with Crippen molar-refractivity contribution < 1.29 is 4.42 Å². The summed E-state index contributed by atoms with van der Waals surface area (Å²) in [5.41, 5.74) is 1.43. The molecule has 1 N–H and O–H groups in total. The van der Waals surface area contributed by atoms with Crippen molar-refractivity contribution in [2.75, 3.05) is 5.32 Å². The molecular formula is C17H14N6O2. The van der Waals surface area contributed by atoms with Gasteiger partial charge < -0.3 is 9.73 Å². The lowest BCUT2D eigenvalue weighted by Gasteiger charge is -2.08. The zero-order chi connectivity index (χ0) is 17.4. The molecule has 124 valence electrons. The second-order valence-electron chi connectivity index (χ2n) is 5.55. The standard InChI is InChI=1S/C17H14N6O2/c1-10-8-12-4-5-13(9-14(12)25-15(10)24)21-16-19-11(2)20-17(22-16)23-7-3-6-18-23/h3-9H,1-2H3,(H,19,20,21,22). The summed E-state index contributed by atoms with van der Waals surface area (Å²) in [7, 11) is 0. The highest BCUT2D eigenvalue weighted by atomic mass is 16.4. The lowest BCUT2D eigenvalue weighted by atomic mass is 10.2. The summed E-state index contributed by atoms with van der Waals surface area (Å²) < 4.78 is 6.87. The van der Waals surface area contributed by atoms with Crippen LogP contribution in [0.4, 0.5) is 11.6 Å². The maximum atomic E-state index is 11.7. The predicted octanol–water partition coefficient (Wildman–Crippen LogP) is 2.52. The zero-order valence-electron chi connectivity index (χ0n) is 13.6. The quantitative estimate of drug-likeness (QED) is 0.575. The van der Waals surface area contributed by atoms with E-state index in [1.165, 1.54) is 0 Å². The van der Waals surface area contributed by atoms with Crippen LogP contribution in [0.25, 0.3) is 16.9 Å². The number of anilines is 2. The van der Waals surface area contributed by atoms with E-state index in [0.717, 1.165) is 5.39 Å². The average molecular weight is 334 g/mol. The molecule has 4 aromatic rings. The molecule has 0 atom stereocenters. The molecule has 0 spiro atoms. The van der Waals surface area contributed by atoms with E-state index in [1.807, 2.05) is 12.1 Å². The molecular weight excluding hydrogens is 320 g/mol. The first-order valence-electron chi connectivity index (χ1n) is 7.63. The second kappa shape index (κ2) is 5.82. The Kier molecular flexibility index (Phi) is 3.50. The van der Waals surface area contributed by atoms with E-state index in [0.29, 0.717) is 34.6 Å². The van der Waals surface area contributed by atoms with Gasteiger partial charge in [-0.3, -0.25) is 0 Å². The first-order valence-corrected chi connectivity index (χ1v) is 7.63. The van der Waals surface area contributed by atoms with E-state index in [2.05, 4.69) is 25.4 Å². The molecule has 0 amide bonds. The van der Waals surface area contributed by atoms with Crippen LogP contribution in [0.15, 0.2) is 51.9 Å². The summed E-state index contributed by atoms with van der Waals surface area (Å²) in [5, 5.41) is 8.08. The lowest BCUT2D eigenvalue weighted by molar-refractivity contribution is 0.555. The van der Waals surface area contributed by atoms with Gasteiger partial charge in [-0.1, -0.05) is 0 Å². The van der Waals surface area contributed by atoms with Crippen molar-refractivity contribution in [1.82, 2.24) is 24.7 Å². The number of fused-ring (bicyclic) bond motifs is 1. The first-order chi connectivity index (χ1) is 12.1. The highest BCUT2D eigenvalue weighted by Gasteiger charge is 2.08. The van der Waals surface area contributed by atoms with Crippen molar-refractivity contribution in [2.45, 2.75) is 13.8 Å². The number of hydrogen-bond acceptors (Lipinski definition) is 7. The van der Waals surface area contributed by atoms with E-state index in [9.17, 15) is 4.79 Å². The van der Waals surface area contributed by atoms with Gasteiger partial charge in [0.1, 0.15) is 11.4 Å². The van der Waals surface area contributed by atoms with Gasteiger partial charge in [0.05, 0.1) is 0 Å². The normalized spacial score (nSPS) is 11.0. The molecule has 0 saturated heterocycles. The van der Waals surface area contributed by atoms with Crippen LogP contribution in [0, 0.1) is 13.8 Å². The molecule has 0 aliphatic carbocycles. The Morgan fingerprint density at radius 3 is 2.80 bits per heavy atom. The van der Waals surface area contributed by atoms with Gasteiger partial charge in [0.25, 0.3) is 5.95 Å². The summed E-state index contributed by atoms with van der Waals surface area (Å²) >= 11 is 0. The van der Waals surface area contributed by atoms with Crippen molar-refractivity contribution >= 4 is 22.6 Å². The molecule has 0 aliphatic rings. The lowest BCUT2D eigenvalue weighted by Crippen LogP contribution is -2.08. The summed E-state index contributed by atoms with van der Waals surface area (Å²) in [6, 6.07) is 9.07. The monoisotopic (exact) mass is 334 g/mol. The Labute approximate surface area is 142 Å². The molecule has 0 saturated carbocycles. The number of hydrogen-bond donors (Lipinski definition) is 1.